The van der Waals surface area contributed by atoms with Gasteiger partial charge in [-0.3, -0.25) is 19.3 Å². The van der Waals surface area contributed by atoms with E-state index in [2.05, 4.69) is 5.10 Å². The van der Waals surface area contributed by atoms with Crippen LogP contribution in [0.25, 0.3) is 0 Å². The van der Waals surface area contributed by atoms with Gasteiger partial charge in [0.2, 0.25) is 0 Å². The van der Waals surface area contributed by atoms with E-state index in [1.807, 2.05) is 25.1 Å². The molecule has 0 unspecified atom stereocenters. The summed E-state index contributed by atoms with van der Waals surface area (Å²) in [5, 5.41) is 6.12. The summed E-state index contributed by atoms with van der Waals surface area (Å²) in [6.45, 7) is 3.23. The minimum Gasteiger partial charge on any atom is -0.493 e. The first-order valence-electron chi connectivity index (χ1n) is 12.9. The van der Waals surface area contributed by atoms with Crippen LogP contribution in [0, 0.1) is 0 Å². The smallest absolute Gasteiger partial charge is 0.273 e. The Kier molecular flexibility index (Phi) is 7.58. The van der Waals surface area contributed by atoms with Crippen molar-refractivity contribution in [3.8, 4) is 17.2 Å². The number of rotatable bonds is 9. The van der Waals surface area contributed by atoms with Crippen LogP contribution in [-0.4, -0.2) is 66.8 Å². The Morgan fingerprint density at radius 3 is 2.31 bits per heavy atom. The molecule has 200 valence electrons. The zero-order valence-electron chi connectivity index (χ0n) is 21.9. The number of hydrazone groups is 1. The fraction of sp³-hybridized carbons (Fsp3) is 0.267. The van der Waals surface area contributed by atoms with Crippen LogP contribution in [0.1, 0.15) is 56.4 Å². The van der Waals surface area contributed by atoms with Crippen molar-refractivity contribution in [3.63, 3.8) is 0 Å². The van der Waals surface area contributed by atoms with Crippen LogP contribution in [0.3, 0.4) is 0 Å². The van der Waals surface area contributed by atoms with Gasteiger partial charge in [0, 0.05) is 17.7 Å². The van der Waals surface area contributed by atoms with E-state index in [0.717, 1.165) is 24.1 Å². The van der Waals surface area contributed by atoms with Gasteiger partial charge >= 0.3 is 0 Å². The topological polar surface area (TPSA) is 97.7 Å². The minimum absolute atomic E-state index is 0.134. The van der Waals surface area contributed by atoms with Crippen molar-refractivity contribution >= 4 is 23.4 Å². The molecule has 3 amide bonds. The maximum atomic E-state index is 13.2. The lowest BCUT2D eigenvalue weighted by Crippen LogP contribution is -2.33. The number of ether oxygens (including phenoxy) is 3. The molecule has 3 aromatic carbocycles. The first kappa shape index (κ1) is 26.0. The van der Waals surface area contributed by atoms with Gasteiger partial charge in [0.25, 0.3) is 17.7 Å². The molecule has 5 rings (SSSR count). The maximum Gasteiger partial charge on any atom is 0.273 e. The highest BCUT2D eigenvalue weighted by Gasteiger charge is 2.34. The van der Waals surface area contributed by atoms with E-state index >= 15 is 0 Å². The van der Waals surface area contributed by atoms with Gasteiger partial charge in [0.15, 0.2) is 11.5 Å². The van der Waals surface area contributed by atoms with Gasteiger partial charge < -0.3 is 14.2 Å². The van der Waals surface area contributed by atoms with E-state index in [9.17, 15) is 14.4 Å². The molecule has 2 aliphatic rings. The second-order valence-corrected chi connectivity index (χ2v) is 9.06. The third kappa shape index (κ3) is 5.34. The Morgan fingerprint density at radius 2 is 1.64 bits per heavy atom. The molecule has 0 N–H and O–H groups in total. The Balaban J connectivity index is 1.20. The highest BCUT2D eigenvalue weighted by Crippen LogP contribution is 2.30. The molecule has 2 aliphatic heterocycles. The van der Waals surface area contributed by atoms with Crippen molar-refractivity contribution in [1.82, 2.24) is 9.91 Å². The number of methoxy groups -OCH3 is 1. The number of hydrogen-bond acceptors (Lipinski definition) is 7. The highest BCUT2D eigenvalue weighted by molar-refractivity contribution is 6.21. The predicted octanol–water partition coefficient (Wildman–Crippen LogP) is 4.41. The lowest BCUT2D eigenvalue weighted by Gasteiger charge is -2.24. The van der Waals surface area contributed by atoms with Crippen molar-refractivity contribution in [2.45, 2.75) is 19.8 Å². The summed E-state index contributed by atoms with van der Waals surface area (Å²) < 4.78 is 16.8. The van der Waals surface area contributed by atoms with Crippen molar-refractivity contribution in [2.75, 3.05) is 33.4 Å². The summed E-state index contributed by atoms with van der Waals surface area (Å²) in [5.41, 5.74) is 3.01. The van der Waals surface area contributed by atoms with Gasteiger partial charge in [0.1, 0.15) is 12.4 Å². The van der Waals surface area contributed by atoms with Crippen LogP contribution in [0.4, 0.5) is 0 Å². The largest absolute Gasteiger partial charge is 0.493 e. The first-order chi connectivity index (χ1) is 19.0. The number of fused-ring (bicyclic) bond motifs is 1. The van der Waals surface area contributed by atoms with Crippen LogP contribution in [0.15, 0.2) is 71.8 Å². The molecule has 9 heteroatoms. The van der Waals surface area contributed by atoms with Gasteiger partial charge in [-0.2, -0.15) is 5.10 Å². The lowest BCUT2D eigenvalue weighted by atomic mass is 10.0. The average molecular weight is 528 g/mol. The van der Waals surface area contributed by atoms with Crippen molar-refractivity contribution < 1.29 is 28.6 Å². The van der Waals surface area contributed by atoms with Crippen LogP contribution in [0.2, 0.25) is 0 Å². The number of hydrogen-bond donors (Lipinski definition) is 0. The van der Waals surface area contributed by atoms with Crippen LogP contribution in [0.5, 0.6) is 17.2 Å². The van der Waals surface area contributed by atoms with Crippen LogP contribution < -0.4 is 14.2 Å². The molecule has 0 saturated heterocycles. The van der Waals surface area contributed by atoms with Crippen molar-refractivity contribution in [3.05, 3.63) is 89.0 Å². The molecule has 9 nitrogen and oxygen atoms in total. The van der Waals surface area contributed by atoms with E-state index in [1.165, 1.54) is 9.91 Å². The molecule has 39 heavy (non-hydrogen) atoms. The van der Waals surface area contributed by atoms with E-state index in [-0.39, 0.29) is 30.9 Å². The Bertz CT molecular complexity index is 1400. The van der Waals surface area contributed by atoms with Crippen molar-refractivity contribution in [1.29, 1.82) is 0 Å². The standard InChI is InChI=1S/C30H29N3O6/c1-3-38-27-19-21(12-15-26(27)37-2)25-9-6-16-33(31-25)28(34)20-10-13-22(14-11-20)39-18-17-32-29(35)23-7-4-5-8-24(23)30(32)36/h4-5,7-8,10-15,19H,3,6,9,16-18H2,1-2H3. The Morgan fingerprint density at radius 1 is 0.923 bits per heavy atom. The molecule has 0 atom stereocenters. The summed E-state index contributed by atoms with van der Waals surface area (Å²) in [7, 11) is 1.60. The van der Waals surface area contributed by atoms with E-state index in [4.69, 9.17) is 14.2 Å². The third-order valence-electron chi connectivity index (χ3n) is 6.62. The molecule has 0 aliphatic carbocycles. The van der Waals surface area contributed by atoms with E-state index < -0.39 is 0 Å². The SMILES string of the molecule is CCOc1cc(C2=NN(C(=O)c3ccc(OCCN4C(=O)c5ccccc5C4=O)cc3)CCC2)ccc1OC. The fourth-order valence-corrected chi connectivity index (χ4v) is 4.66. The predicted molar refractivity (Wildman–Crippen MR) is 145 cm³/mol. The number of carbonyl (C=O) groups is 3. The van der Waals surface area contributed by atoms with Gasteiger partial charge in [0.05, 0.1) is 37.1 Å². The molecular weight excluding hydrogens is 498 g/mol. The molecule has 0 saturated carbocycles. The Labute approximate surface area is 226 Å². The second kappa shape index (κ2) is 11.4. The van der Waals surface area contributed by atoms with Gasteiger partial charge in [-0.1, -0.05) is 12.1 Å². The van der Waals surface area contributed by atoms with E-state index in [0.29, 0.717) is 47.1 Å². The van der Waals surface area contributed by atoms with Gasteiger partial charge in [-0.05, 0) is 74.4 Å². The molecule has 0 bridgehead atoms. The molecule has 0 spiro atoms. The zero-order valence-corrected chi connectivity index (χ0v) is 21.9. The number of nitrogens with zero attached hydrogens (tertiary/aromatic N) is 3. The monoisotopic (exact) mass is 527 g/mol. The molecule has 0 fully saturated rings. The number of amides is 3. The second-order valence-electron chi connectivity index (χ2n) is 9.06. The van der Waals surface area contributed by atoms with Gasteiger partial charge in [-0.15, -0.1) is 0 Å². The third-order valence-corrected chi connectivity index (χ3v) is 6.62. The molecule has 3 aromatic rings. The van der Waals surface area contributed by atoms with Crippen LogP contribution in [-0.2, 0) is 0 Å². The number of carbonyl (C=O) groups excluding carboxylic acids is 3. The summed E-state index contributed by atoms with van der Waals surface area (Å²) in [5.74, 6) is 0.991. The molecule has 2 heterocycles. The summed E-state index contributed by atoms with van der Waals surface area (Å²) >= 11 is 0. The fourth-order valence-electron chi connectivity index (χ4n) is 4.66. The van der Waals surface area contributed by atoms with Crippen molar-refractivity contribution in [2.24, 2.45) is 5.10 Å². The highest BCUT2D eigenvalue weighted by atomic mass is 16.5. The molecule has 0 aromatic heterocycles. The number of benzene rings is 3. The number of imide groups is 1. The first-order valence-corrected chi connectivity index (χ1v) is 12.9. The van der Waals surface area contributed by atoms with E-state index in [1.54, 1.807) is 55.6 Å². The normalized spacial score (nSPS) is 14.7. The zero-order chi connectivity index (χ0) is 27.4. The summed E-state index contributed by atoms with van der Waals surface area (Å²) in [6.07, 6.45) is 1.54. The Hall–Kier alpha value is -4.66. The minimum atomic E-state index is -0.314. The average Bonchev–Trinajstić information content (AvgIpc) is 3.22. The summed E-state index contributed by atoms with van der Waals surface area (Å²) in [6, 6.07) is 19.2. The quantitative estimate of drug-likeness (QED) is 0.383. The molecular formula is C30H29N3O6. The maximum absolute atomic E-state index is 13.2. The lowest BCUT2D eigenvalue weighted by molar-refractivity contribution is 0.0630. The van der Waals surface area contributed by atoms with Gasteiger partial charge in [-0.25, -0.2) is 5.01 Å². The molecule has 0 radical (unpaired) electrons. The van der Waals surface area contributed by atoms with Crippen LogP contribution >= 0.6 is 0 Å². The summed E-state index contributed by atoms with van der Waals surface area (Å²) in [4.78, 5) is 39.4.